The fourth-order valence-electron chi connectivity index (χ4n) is 1.24. The van der Waals surface area contributed by atoms with Gasteiger partial charge in [-0.05, 0) is 19.9 Å². The number of aliphatic carboxylic acids is 1. The first-order valence-corrected chi connectivity index (χ1v) is 4.64. The van der Waals surface area contributed by atoms with Crippen LogP contribution in [0.3, 0.4) is 0 Å². The van der Waals surface area contributed by atoms with Gasteiger partial charge in [0.25, 0.3) is 0 Å². The highest BCUT2D eigenvalue weighted by Gasteiger charge is 2.38. The summed E-state index contributed by atoms with van der Waals surface area (Å²) in [5.74, 6) is -3.62. The molecule has 0 saturated heterocycles. The molecule has 1 rings (SSSR count). The summed E-state index contributed by atoms with van der Waals surface area (Å²) >= 11 is 0. The van der Waals surface area contributed by atoms with E-state index in [1.807, 2.05) is 0 Å². The number of hydrogen-bond acceptors (Lipinski definition) is 2. The van der Waals surface area contributed by atoms with Crippen molar-refractivity contribution >= 4 is 5.97 Å². The Morgan fingerprint density at radius 3 is 2.44 bits per heavy atom. The third-order valence-electron chi connectivity index (χ3n) is 2.51. The van der Waals surface area contributed by atoms with E-state index in [-0.39, 0.29) is 5.56 Å². The molecule has 0 fully saturated rings. The van der Waals surface area contributed by atoms with Crippen LogP contribution in [0.15, 0.2) is 18.2 Å². The van der Waals surface area contributed by atoms with E-state index in [4.69, 9.17) is 5.11 Å². The molecule has 88 valence electrons. The average Bonchev–Trinajstić information content (AvgIpc) is 2.21. The third-order valence-corrected chi connectivity index (χ3v) is 2.51. The van der Waals surface area contributed by atoms with Crippen molar-refractivity contribution in [1.29, 1.82) is 0 Å². The smallest absolute Gasteiger partial charge is 0.312 e. The Kier molecular flexibility index (Phi) is 3.28. The summed E-state index contributed by atoms with van der Waals surface area (Å²) in [4.78, 5) is 10.9. The largest absolute Gasteiger partial charge is 0.481 e. The molecule has 3 nitrogen and oxygen atoms in total. The van der Waals surface area contributed by atoms with Crippen LogP contribution < -0.4 is 0 Å². The normalized spacial score (nSPS) is 13.6. The zero-order valence-corrected chi connectivity index (χ0v) is 8.87. The van der Waals surface area contributed by atoms with Crippen LogP contribution in [0.4, 0.5) is 8.78 Å². The van der Waals surface area contributed by atoms with Crippen molar-refractivity contribution in [2.75, 3.05) is 0 Å². The van der Waals surface area contributed by atoms with Gasteiger partial charge >= 0.3 is 5.97 Å². The van der Waals surface area contributed by atoms with Crippen molar-refractivity contribution in [2.24, 2.45) is 5.41 Å². The molecule has 1 atom stereocenters. The standard InChI is InChI=1S/C11H12F2O3/c1-11(2,10(15)16)9(14)6-4-3-5-7(12)8(6)13/h3-5,9,14H,1-2H3,(H,15,16). The first-order chi connectivity index (χ1) is 7.28. The highest BCUT2D eigenvalue weighted by Crippen LogP contribution is 2.35. The lowest BCUT2D eigenvalue weighted by Crippen LogP contribution is -2.31. The fourth-order valence-corrected chi connectivity index (χ4v) is 1.24. The van der Waals surface area contributed by atoms with Crippen LogP contribution in [-0.4, -0.2) is 16.2 Å². The molecule has 5 heteroatoms. The molecule has 0 heterocycles. The minimum absolute atomic E-state index is 0.354. The predicted octanol–water partition coefficient (Wildman–Crippen LogP) is 2.11. The molecule has 1 aromatic carbocycles. The first kappa shape index (κ1) is 12.6. The topological polar surface area (TPSA) is 57.5 Å². The van der Waals surface area contributed by atoms with Crippen molar-refractivity contribution in [3.05, 3.63) is 35.4 Å². The molecule has 0 radical (unpaired) electrons. The molecule has 16 heavy (non-hydrogen) atoms. The maximum absolute atomic E-state index is 13.3. The summed E-state index contributed by atoms with van der Waals surface area (Å²) in [7, 11) is 0. The lowest BCUT2D eigenvalue weighted by Gasteiger charge is -2.26. The molecular formula is C11H12F2O3. The van der Waals surface area contributed by atoms with Gasteiger partial charge in [0, 0.05) is 5.56 Å². The SMILES string of the molecule is CC(C)(C(=O)O)C(O)c1cccc(F)c1F. The van der Waals surface area contributed by atoms with Crippen LogP contribution >= 0.6 is 0 Å². The average molecular weight is 230 g/mol. The molecule has 1 unspecified atom stereocenters. The number of hydrogen-bond donors (Lipinski definition) is 2. The van der Waals surface area contributed by atoms with E-state index in [2.05, 4.69) is 0 Å². The molecule has 1 aromatic rings. The van der Waals surface area contributed by atoms with Crippen molar-refractivity contribution in [3.8, 4) is 0 Å². The quantitative estimate of drug-likeness (QED) is 0.836. The van der Waals surface area contributed by atoms with Crippen LogP contribution in [0.5, 0.6) is 0 Å². The summed E-state index contributed by atoms with van der Waals surface area (Å²) in [6.45, 7) is 2.48. The number of halogens is 2. The van der Waals surface area contributed by atoms with Crippen LogP contribution in [0.1, 0.15) is 25.5 Å². The summed E-state index contributed by atoms with van der Waals surface area (Å²) in [5.41, 5.74) is -1.94. The molecule has 0 bridgehead atoms. The zero-order valence-electron chi connectivity index (χ0n) is 8.87. The highest BCUT2D eigenvalue weighted by atomic mass is 19.2. The Hall–Kier alpha value is -1.49. The maximum atomic E-state index is 13.3. The van der Waals surface area contributed by atoms with Gasteiger partial charge < -0.3 is 10.2 Å². The van der Waals surface area contributed by atoms with Gasteiger partial charge in [0.2, 0.25) is 0 Å². The lowest BCUT2D eigenvalue weighted by atomic mass is 9.82. The van der Waals surface area contributed by atoms with Crippen molar-refractivity contribution < 1.29 is 23.8 Å². The van der Waals surface area contributed by atoms with Gasteiger partial charge in [0.15, 0.2) is 11.6 Å². The van der Waals surface area contributed by atoms with Gasteiger partial charge in [-0.25, -0.2) is 8.78 Å². The second kappa shape index (κ2) is 4.17. The van der Waals surface area contributed by atoms with E-state index < -0.39 is 29.1 Å². The second-order valence-electron chi connectivity index (χ2n) is 4.07. The molecule has 2 N–H and O–H groups in total. The number of benzene rings is 1. The minimum atomic E-state index is -1.61. The number of carboxylic acids is 1. The van der Waals surface area contributed by atoms with Gasteiger partial charge in [-0.3, -0.25) is 4.79 Å². The Morgan fingerprint density at radius 2 is 1.94 bits per heavy atom. The summed E-state index contributed by atoms with van der Waals surface area (Å²) in [6, 6.07) is 3.28. The van der Waals surface area contributed by atoms with Gasteiger partial charge in [-0.1, -0.05) is 12.1 Å². The minimum Gasteiger partial charge on any atom is -0.481 e. The highest BCUT2D eigenvalue weighted by molar-refractivity contribution is 5.74. The molecule has 0 aliphatic carbocycles. The second-order valence-corrected chi connectivity index (χ2v) is 4.07. The van der Waals surface area contributed by atoms with Crippen molar-refractivity contribution in [1.82, 2.24) is 0 Å². The summed E-state index contributed by atoms with van der Waals surface area (Å²) in [5, 5.41) is 18.6. The molecular weight excluding hydrogens is 218 g/mol. The van der Waals surface area contributed by atoms with E-state index in [1.54, 1.807) is 0 Å². The maximum Gasteiger partial charge on any atom is 0.312 e. The lowest BCUT2D eigenvalue weighted by molar-refractivity contribution is -0.153. The fraction of sp³-hybridized carbons (Fsp3) is 0.364. The number of aliphatic hydroxyl groups is 1. The summed E-state index contributed by atoms with van der Waals surface area (Å²) in [6.07, 6.45) is -1.61. The zero-order chi connectivity index (χ0) is 12.5. The number of aliphatic hydroxyl groups excluding tert-OH is 1. The van der Waals surface area contributed by atoms with E-state index >= 15 is 0 Å². The molecule has 0 amide bonds. The van der Waals surface area contributed by atoms with E-state index in [0.717, 1.165) is 12.1 Å². The molecule has 0 aromatic heterocycles. The predicted molar refractivity (Wildman–Crippen MR) is 52.7 cm³/mol. The van der Waals surface area contributed by atoms with Crippen molar-refractivity contribution in [2.45, 2.75) is 20.0 Å². The van der Waals surface area contributed by atoms with Gasteiger partial charge in [-0.2, -0.15) is 0 Å². The van der Waals surface area contributed by atoms with Gasteiger partial charge in [0.1, 0.15) is 0 Å². The van der Waals surface area contributed by atoms with Crippen LogP contribution in [0.2, 0.25) is 0 Å². The number of rotatable bonds is 3. The Morgan fingerprint density at radius 1 is 1.38 bits per heavy atom. The Labute approximate surface area is 91.3 Å². The third kappa shape index (κ3) is 2.04. The first-order valence-electron chi connectivity index (χ1n) is 4.64. The van der Waals surface area contributed by atoms with Crippen LogP contribution in [0, 0.1) is 17.0 Å². The van der Waals surface area contributed by atoms with E-state index in [9.17, 15) is 18.7 Å². The molecule has 0 aliphatic rings. The molecule has 0 saturated carbocycles. The summed E-state index contributed by atoms with van der Waals surface area (Å²) < 4.78 is 26.2. The van der Waals surface area contributed by atoms with Crippen LogP contribution in [0.25, 0.3) is 0 Å². The number of carboxylic acid groups (broad SMARTS) is 1. The number of carbonyl (C=O) groups is 1. The van der Waals surface area contributed by atoms with Crippen LogP contribution in [-0.2, 0) is 4.79 Å². The van der Waals surface area contributed by atoms with Gasteiger partial charge in [-0.15, -0.1) is 0 Å². The monoisotopic (exact) mass is 230 g/mol. The van der Waals surface area contributed by atoms with E-state index in [0.29, 0.717) is 0 Å². The molecule has 0 aliphatic heterocycles. The Bertz CT molecular complexity index is 416. The van der Waals surface area contributed by atoms with E-state index in [1.165, 1.54) is 19.9 Å². The molecule has 0 spiro atoms. The van der Waals surface area contributed by atoms with Gasteiger partial charge in [0.05, 0.1) is 11.5 Å². The van der Waals surface area contributed by atoms with Crippen molar-refractivity contribution in [3.63, 3.8) is 0 Å². The Balaban J connectivity index is 3.20.